The summed E-state index contributed by atoms with van der Waals surface area (Å²) in [6, 6.07) is 3.15. The molecule has 6 rings (SSSR count). The molecule has 4 fully saturated rings. The Hall–Kier alpha value is -2.57. The summed E-state index contributed by atoms with van der Waals surface area (Å²) in [5.74, 6) is 1.72. The lowest BCUT2D eigenvalue weighted by Crippen LogP contribution is -2.59. The van der Waals surface area contributed by atoms with Crippen LogP contribution in [0.2, 0.25) is 0 Å². The molecule has 7 nitrogen and oxygen atoms in total. The van der Waals surface area contributed by atoms with Crippen molar-refractivity contribution in [2.24, 2.45) is 17.8 Å². The predicted molar refractivity (Wildman–Crippen MR) is 91.5 cm³/mol. The maximum Gasteiger partial charge on any atom is 0.302 e. The molecular weight excluding hydrogens is 334 g/mol. The Kier molecular flexibility index (Phi) is 3.45. The van der Waals surface area contributed by atoms with E-state index >= 15 is 0 Å². The average molecular weight is 355 g/mol. The van der Waals surface area contributed by atoms with Crippen LogP contribution in [0.4, 0.5) is 6.01 Å². The highest BCUT2D eigenvalue weighted by molar-refractivity contribution is 6.01. The molecule has 0 aromatic carbocycles. The van der Waals surface area contributed by atoms with Gasteiger partial charge in [0.25, 0.3) is 11.8 Å². The SMILES string of the molecule is O=C(NC12CC3CC(CC(C3)C1)C2)c1coc(NC(=O)c2ccco2)n1. The van der Waals surface area contributed by atoms with Gasteiger partial charge >= 0.3 is 6.01 Å². The molecule has 2 N–H and O–H groups in total. The van der Waals surface area contributed by atoms with Gasteiger partial charge in [-0.2, -0.15) is 4.98 Å². The summed E-state index contributed by atoms with van der Waals surface area (Å²) in [5, 5.41) is 5.73. The van der Waals surface area contributed by atoms with E-state index in [-0.39, 0.29) is 28.9 Å². The number of furan rings is 1. The van der Waals surface area contributed by atoms with Gasteiger partial charge in [-0.05, 0) is 68.4 Å². The van der Waals surface area contributed by atoms with Gasteiger partial charge in [0.15, 0.2) is 11.5 Å². The molecule has 0 radical (unpaired) electrons. The minimum absolute atomic E-state index is 0.0120. The van der Waals surface area contributed by atoms with Crippen molar-refractivity contribution < 1.29 is 18.4 Å². The first kappa shape index (κ1) is 15.7. The molecule has 4 aliphatic carbocycles. The summed E-state index contributed by atoms with van der Waals surface area (Å²) < 4.78 is 10.2. The minimum Gasteiger partial charge on any atom is -0.459 e. The lowest BCUT2D eigenvalue weighted by molar-refractivity contribution is -0.0167. The molecule has 0 saturated heterocycles. The van der Waals surface area contributed by atoms with E-state index < -0.39 is 5.91 Å². The maximum absolute atomic E-state index is 12.7. The van der Waals surface area contributed by atoms with Gasteiger partial charge in [-0.3, -0.25) is 14.9 Å². The van der Waals surface area contributed by atoms with Crippen LogP contribution in [0.1, 0.15) is 59.6 Å². The number of carbonyl (C=O) groups is 2. The van der Waals surface area contributed by atoms with Gasteiger partial charge < -0.3 is 14.2 Å². The highest BCUT2D eigenvalue weighted by Gasteiger charge is 2.51. The first-order chi connectivity index (χ1) is 12.6. The molecule has 26 heavy (non-hydrogen) atoms. The fraction of sp³-hybridized carbons (Fsp3) is 0.526. The fourth-order valence-electron chi connectivity index (χ4n) is 5.57. The Balaban J connectivity index is 1.27. The summed E-state index contributed by atoms with van der Waals surface area (Å²) >= 11 is 0. The van der Waals surface area contributed by atoms with Crippen LogP contribution in [0.3, 0.4) is 0 Å². The fourth-order valence-corrected chi connectivity index (χ4v) is 5.57. The van der Waals surface area contributed by atoms with Gasteiger partial charge in [0.2, 0.25) is 0 Å². The van der Waals surface area contributed by atoms with Crippen molar-refractivity contribution in [3.63, 3.8) is 0 Å². The molecule has 4 saturated carbocycles. The van der Waals surface area contributed by atoms with E-state index in [2.05, 4.69) is 15.6 Å². The molecule has 4 aliphatic rings. The van der Waals surface area contributed by atoms with Crippen LogP contribution in [0.25, 0.3) is 0 Å². The molecule has 0 spiro atoms. The van der Waals surface area contributed by atoms with Gasteiger partial charge in [0.1, 0.15) is 6.26 Å². The summed E-state index contributed by atoms with van der Waals surface area (Å²) in [5.41, 5.74) is 0.109. The summed E-state index contributed by atoms with van der Waals surface area (Å²) in [7, 11) is 0. The Morgan fingerprint density at radius 1 is 1.04 bits per heavy atom. The zero-order valence-corrected chi connectivity index (χ0v) is 14.4. The van der Waals surface area contributed by atoms with Gasteiger partial charge in [0, 0.05) is 5.54 Å². The number of aromatic nitrogens is 1. The molecule has 2 aromatic rings. The van der Waals surface area contributed by atoms with E-state index in [0.29, 0.717) is 0 Å². The summed E-state index contributed by atoms with van der Waals surface area (Å²) in [4.78, 5) is 28.7. The van der Waals surface area contributed by atoms with Crippen LogP contribution in [0.5, 0.6) is 0 Å². The monoisotopic (exact) mass is 355 g/mol. The number of oxazole rings is 1. The standard InChI is InChI=1S/C19H21N3O4/c23-16(22-19-7-11-4-12(8-19)6-13(5-11)9-19)14-10-26-18(20-14)21-17(24)15-2-1-3-25-15/h1-3,10-13H,4-9H2,(H,22,23)(H,20,21,24). The third-order valence-corrected chi connectivity index (χ3v) is 6.12. The second kappa shape index (κ2) is 5.72. The van der Waals surface area contributed by atoms with Gasteiger partial charge in [0.05, 0.1) is 6.26 Å². The van der Waals surface area contributed by atoms with Crippen LogP contribution in [0, 0.1) is 17.8 Å². The maximum atomic E-state index is 12.7. The Morgan fingerprint density at radius 3 is 2.35 bits per heavy atom. The number of rotatable bonds is 4. The lowest BCUT2D eigenvalue weighted by Gasteiger charge is -2.56. The molecule has 0 aliphatic heterocycles. The van der Waals surface area contributed by atoms with Crippen molar-refractivity contribution in [2.75, 3.05) is 5.32 Å². The molecule has 2 aromatic heterocycles. The third-order valence-electron chi connectivity index (χ3n) is 6.12. The van der Waals surface area contributed by atoms with Gasteiger partial charge in [-0.25, -0.2) is 0 Å². The number of carbonyl (C=O) groups excluding carboxylic acids is 2. The van der Waals surface area contributed by atoms with E-state index in [1.165, 1.54) is 31.8 Å². The van der Waals surface area contributed by atoms with Crippen molar-refractivity contribution in [3.05, 3.63) is 36.1 Å². The number of hydrogen-bond acceptors (Lipinski definition) is 5. The summed E-state index contributed by atoms with van der Waals surface area (Å²) in [6.45, 7) is 0. The predicted octanol–water partition coefficient (Wildman–Crippen LogP) is 3.22. The van der Waals surface area contributed by atoms with E-state index in [0.717, 1.165) is 37.0 Å². The van der Waals surface area contributed by atoms with Crippen LogP contribution in [-0.4, -0.2) is 22.3 Å². The molecule has 4 bridgehead atoms. The number of nitrogens with zero attached hydrogens (tertiary/aromatic N) is 1. The number of hydrogen-bond donors (Lipinski definition) is 2. The Morgan fingerprint density at radius 2 is 1.73 bits per heavy atom. The molecule has 2 amide bonds. The van der Waals surface area contributed by atoms with E-state index in [4.69, 9.17) is 8.83 Å². The van der Waals surface area contributed by atoms with Crippen molar-refractivity contribution in [2.45, 2.75) is 44.1 Å². The summed E-state index contributed by atoms with van der Waals surface area (Å²) in [6.07, 6.45) is 9.88. The Bertz CT molecular complexity index is 804. The highest BCUT2D eigenvalue weighted by atomic mass is 16.4. The zero-order chi connectivity index (χ0) is 17.7. The quantitative estimate of drug-likeness (QED) is 0.877. The van der Waals surface area contributed by atoms with Crippen LogP contribution < -0.4 is 10.6 Å². The smallest absolute Gasteiger partial charge is 0.302 e. The molecule has 0 unspecified atom stereocenters. The topological polar surface area (TPSA) is 97.4 Å². The van der Waals surface area contributed by atoms with Gasteiger partial charge in [-0.1, -0.05) is 0 Å². The average Bonchev–Trinajstić information content (AvgIpc) is 3.24. The van der Waals surface area contributed by atoms with Crippen molar-refractivity contribution in [1.29, 1.82) is 0 Å². The minimum atomic E-state index is -0.468. The highest BCUT2D eigenvalue weighted by Crippen LogP contribution is 2.55. The van der Waals surface area contributed by atoms with E-state index in [1.807, 2.05) is 0 Å². The normalized spacial score (nSPS) is 31.8. The second-order valence-electron chi connectivity index (χ2n) is 8.12. The van der Waals surface area contributed by atoms with Crippen molar-refractivity contribution in [3.8, 4) is 0 Å². The van der Waals surface area contributed by atoms with Crippen LogP contribution in [-0.2, 0) is 0 Å². The van der Waals surface area contributed by atoms with Crippen molar-refractivity contribution in [1.82, 2.24) is 10.3 Å². The zero-order valence-electron chi connectivity index (χ0n) is 14.4. The number of amides is 2. The van der Waals surface area contributed by atoms with Crippen LogP contribution in [0.15, 0.2) is 33.5 Å². The second-order valence-corrected chi connectivity index (χ2v) is 8.12. The van der Waals surface area contributed by atoms with E-state index in [9.17, 15) is 9.59 Å². The molecule has 136 valence electrons. The molecule has 0 atom stereocenters. The van der Waals surface area contributed by atoms with Gasteiger partial charge in [-0.15, -0.1) is 0 Å². The molecule has 2 heterocycles. The van der Waals surface area contributed by atoms with Crippen molar-refractivity contribution >= 4 is 17.8 Å². The van der Waals surface area contributed by atoms with Crippen LogP contribution >= 0.6 is 0 Å². The Labute approximate surface area is 150 Å². The number of anilines is 1. The first-order valence-electron chi connectivity index (χ1n) is 9.21. The molecular formula is C19H21N3O4. The lowest BCUT2D eigenvalue weighted by atomic mass is 9.53. The largest absolute Gasteiger partial charge is 0.459 e. The third kappa shape index (κ3) is 2.71. The first-order valence-corrected chi connectivity index (χ1v) is 9.21. The number of nitrogens with one attached hydrogen (secondary N) is 2. The van der Waals surface area contributed by atoms with E-state index in [1.54, 1.807) is 12.1 Å². The molecule has 7 heteroatoms.